The van der Waals surface area contributed by atoms with Crippen LogP contribution < -0.4 is 0 Å². The zero-order valence-corrected chi connectivity index (χ0v) is 13.6. The molecule has 106 valence electrons. The Bertz CT molecular complexity index is 428. The van der Waals surface area contributed by atoms with E-state index in [1.165, 1.54) is 0 Å². The van der Waals surface area contributed by atoms with E-state index in [1.54, 1.807) is 11.9 Å². The third-order valence-corrected chi connectivity index (χ3v) is 4.12. The van der Waals surface area contributed by atoms with Crippen molar-refractivity contribution in [2.75, 3.05) is 13.7 Å². The van der Waals surface area contributed by atoms with Crippen molar-refractivity contribution in [3.05, 3.63) is 34.3 Å². The summed E-state index contributed by atoms with van der Waals surface area (Å²) in [4.78, 5) is 13.8. The number of aliphatic hydroxyl groups excluding tert-OH is 1. The Hall–Kier alpha value is -0.870. The van der Waals surface area contributed by atoms with Gasteiger partial charge < -0.3 is 10.0 Å². The maximum atomic E-state index is 12.2. The van der Waals surface area contributed by atoms with Crippen molar-refractivity contribution in [2.45, 2.75) is 38.6 Å². The van der Waals surface area contributed by atoms with E-state index in [0.717, 1.165) is 10.0 Å². The lowest BCUT2D eigenvalue weighted by Gasteiger charge is -2.34. The molecule has 3 nitrogen and oxygen atoms in total. The molecule has 0 aromatic heterocycles. The lowest BCUT2D eigenvalue weighted by atomic mass is 9.96. The van der Waals surface area contributed by atoms with Crippen LogP contribution in [0.2, 0.25) is 0 Å². The zero-order valence-electron chi connectivity index (χ0n) is 12.0. The normalized spacial score (nSPS) is 13.2. The fourth-order valence-electron chi connectivity index (χ4n) is 1.75. The molecule has 0 fully saturated rings. The first-order chi connectivity index (χ1) is 8.77. The van der Waals surface area contributed by atoms with Crippen LogP contribution in [0.1, 0.15) is 38.7 Å². The van der Waals surface area contributed by atoms with Crippen LogP contribution in [0.25, 0.3) is 0 Å². The van der Waals surface area contributed by atoms with E-state index in [0.29, 0.717) is 6.42 Å². The first-order valence-corrected chi connectivity index (χ1v) is 7.20. The molecular formula is C15H22BrNO2. The number of benzene rings is 1. The summed E-state index contributed by atoms with van der Waals surface area (Å²) in [6.45, 7) is 5.72. The topological polar surface area (TPSA) is 40.5 Å². The van der Waals surface area contributed by atoms with Crippen LogP contribution in [0.15, 0.2) is 28.7 Å². The smallest absolute Gasteiger partial charge is 0.223 e. The van der Waals surface area contributed by atoms with Crippen LogP contribution in [-0.2, 0) is 4.79 Å². The molecule has 1 unspecified atom stereocenters. The van der Waals surface area contributed by atoms with Gasteiger partial charge in [-0.2, -0.15) is 0 Å². The molecule has 4 heteroatoms. The van der Waals surface area contributed by atoms with Crippen molar-refractivity contribution < 1.29 is 9.90 Å². The van der Waals surface area contributed by atoms with E-state index in [9.17, 15) is 9.90 Å². The maximum Gasteiger partial charge on any atom is 0.223 e. The minimum absolute atomic E-state index is 0.0398. The van der Waals surface area contributed by atoms with Crippen LogP contribution in [0.5, 0.6) is 0 Å². The number of carbonyl (C=O) groups excluding carboxylic acids is 1. The summed E-state index contributed by atoms with van der Waals surface area (Å²) < 4.78 is 1.04. The minimum atomic E-state index is -0.517. The average molecular weight is 328 g/mol. The Morgan fingerprint density at radius 3 is 2.37 bits per heavy atom. The molecule has 0 heterocycles. The largest absolute Gasteiger partial charge is 0.394 e. The third kappa shape index (κ3) is 4.32. The molecule has 0 aliphatic carbocycles. The Kier molecular flexibility index (Phi) is 5.56. The number of hydrogen-bond acceptors (Lipinski definition) is 2. The molecule has 1 atom stereocenters. The predicted octanol–water partition coefficient (Wildman–Crippen LogP) is 3.17. The van der Waals surface area contributed by atoms with Crippen molar-refractivity contribution in [3.63, 3.8) is 0 Å². The molecule has 0 aliphatic heterocycles. The van der Waals surface area contributed by atoms with Crippen molar-refractivity contribution >= 4 is 21.8 Å². The molecule has 1 aromatic rings. The summed E-state index contributed by atoms with van der Waals surface area (Å²) >= 11 is 3.40. The Morgan fingerprint density at radius 2 is 1.89 bits per heavy atom. The standard InChI is InChI=1S/C15H22BrNO2/c1-11(12-5-7-13(16)8-6-12)9-14(19)17(4)15(2,3)10-18/h5-8,11,18H,9-10H2,1-4H3. The van der Waals surface area contributed by atoms with E-state index in [4.69, 9.17) is 0 Å². The fourth-order valence-corrected chi connectivity index (χ4v) is 2.02. The van der Waals surface area contributed by atoms with Gasteiger partial charge in [-0.3, -0.25) is 4.79 Å². The first-order valence-electron chi connectivity index (χ1n) is 6.41. The minimum Gasteiger partial charge on any atom is -0.394 e. The van der Waals surface area contributed by atoms with Crippen LogP contribution >= 0.6 is 15.9 Å². The molecule has 1 aromatic carbocycles. The molecule has 0 saturated carbocycles. The molecule has 0 spiro atoms. The Labute approximate surface area is 123 Å². The second-order valence-electron chi connectivity index (χ2n) is 5.58. The van der Waals surface area contributed by atoms with Gasteiger partial charge in [-0.25, -0.2) is 0 Å². The number of carbonyl (C=O) groups is 1. The predicted molar refractivity (Wildman–Crippen MR) is 81.1 cm³/mol. The quantitative estimate of drug-likeness (QED) is 0.902. The summed E-state index contributed by atoms with van der Waals surface area (Å²) in [6, 6.07) is 8.02. The Balaban J connectivity index is 2.69. The lowest BCUT2D eigenvalue weighted by Crippen LogP contribution is -2.47. The van der Waals surface area contributed by atoms with Gasteiger partial charge in [0, 0.05) is 17.9 Å². The van der Waals surface area contributed by atoms with Crippen molar-refractivity contribution in [3.8, 4) is 0 Å². The lowest BCUT2D eigenvalue weighted by molar-refractivity contribution is -0.136. The summed E-state index contributed by atoms with van der Waals surface area (Å²) in [5.41, 5.74) is 0.628. The first kappa shape index (κ1) is 16.2. The van der Waals surface area contributed by atoms with Crippen molar-refractivity contribution in [2.24, 2.45) is 0 Å². The molecule has 0 saturated heterocycles. The van der Waals surface area contributed by atoms with Gasteiger partial charge in [0.2, 0.25) is 5.91 Å². The number of likely N-dealkylation sites (N-methyl/N-ethyl adjacent to an activating group) is 1. The number of amides is 1. The number of rotatable bonds is 5. The van der Waals surface area contributed by atoms with Gasteiger partial charge in [0.25, 0.3) is 0 Å². The van der Waals surface area contributed by atoms with Gasteiger partial charge in [-0.1, -0.05) is 35.0 Å². The summed E-state index contributed by atoms with van der Waals surface area (Å²) in [5, 5.41) is 9.30. The van der Waals surface area contributed by atoms with Crippen molar-refractivity contribution in [1.82, 2.24) is 4.90 Å². The molecule has 1 rings (SSSR count). The second kappa shape index (κ2) is 6.53. The highest BCUT2D eigenvalue weighted by Crippen LogP contribution is 2.23. The molecule has 1 amide bonds. The highest BCUT2D eigenvalue weighted by atomic mass is 79.9. The molecule has 1 N–H and O–H groups in total. The van der Waals surface area contributed by atoms with E-state index in [-0.39, 0.29) is 18.4 Å². The van der Waals surface area contributed by atoms with E-state index >= 15 is 0 Å². The highest BCUT2D eigenvalue weighted by Gasteiger charge is 2.27. The van der Waals surface area contributed by atoms with Crippen LogP contribution in [0, 0.1) is 0 Å². The zero-order chi connectivity index (χ0) is 14.6. The van der Waals surface area contributed by atoms with Gasteiger partial charge in [-0.05, 0) is 37.5 Å². The van der Waals surface area contributed by atoms with Crippen molar-refractivity contribution in [1.29, 1.82) is 0 Å². The number of halogens is 1. The number of aliphatic hydroxyl groups is 1. The fraction of sp³-hybridized carbons (Fsp3) is 0.533. The van der Waals surface area contributed by atoms with E-state index in [1.807, 2.05) is 45.0 Å². The molecule has 0 radical (unpaired) electrons. The van der Waals surface area contributed by atoms with E-state index in [2.05, 4.69) is 15.9 Å². The van der Waals surface area contributed by atoms with Crippen LogP contribution in [0.3, 0.4) is 0 Å². The van der Waals surface area contributed by atoms with E-state index < -0.39 is 5.54 Å². The number of hydrogen-bond donors (Lipinski definition) is 1. The number of nitrogens with zero attached hydrogens (tertiary/aromatic N) is 1. The van der Waals surface area contributed by atoms with Gasteiger partial charge in [0.05, 0.1) is 12.1 Å². The SMILES string of the molecule is CC(CC(=O)N(C)C(C)(C)CO)c1ccc(Br)cc1. The van der Waals surface area contributed by atoms with Gasteiger partial charge >= 0.3 is 0 Å². The molecule has 19 heavy (non-hydrogen) atoms. The highest BCUT2D eigenvalue weighted by molar-refractivity contribution is 9.10. The summed E-state index contributed by atoms with van der Waals surface area (Å²) in [7, 11) is 1.74. The second-order valence-corrected chi connectivity index (χ2v) is 6.50. The van der Waals surface area contributed by atoms with Crippen LogP contribution in [0.4, 0.5) is 0 Å². The van der Waals surface area contributed by atoms with Gasteiger partial charge in [-0.15, -0.1) is 0 Å². The average Bonchev–Trinajstić information content (AvgIpc) is 2.38. The van der Waals surface area contributed by atoms with Crippen LogP contribution in [-0.4, -0.2) is 35.1 Å². The van der Waals surface area contributed by atoms with Gasteiger partial charge in [0.15, 0.2) is 0 Å². The Morgan fingerprint density at radius 1 is 1.37 bits per heavy atom. The monoisotopic (exact) mass is 327 g/mol. The van der Waals surface area contributed by atoms with Gasteiger partial charge in [0.1, 0.15) is 0 Å². The molecular weight excluding hydrogens is 306 g/mol. The summed E-state index contributed by atoms with van der Waals surface area (Å²) in [6.07, 6.45) is 0.446. The third-order valence-electron chi connectivity index (χ3n) is 3.59. The molecule has 0 aliphatic rings. The summed E-state index contributed by atoms with van der Waals surface area (Å²) in [5.74, 6) is 0.215. The maximum absolute atomic E-state index is 12.2. The molecule has 0 bridgehead atoms.